The number of aromatic amines is 1. The van der Waals surface area contributed by atoms with Gasteiger partial charge in [0.15, 0.2) is 0 Å². The number of nitrogens with one attached hydrogen (secondary N) is 1. The normalized spacial score (nSPS) is 11.3. The molecule has 0 unspecified atom stereocenters. The van der Waals surface area contributed by atoms with Crippen molar-refractivity contribution in [3.8, 4) is 11.1 Å². The summed E-state index contributed by atoms with van der Waals surface area (Å²) in [5, 5.41) is 11.0. The van der Waals surface area contributed by atoms with Crippen molar-refractivity contribution in [3.05, 3.63) is 58.7 Å². The van der Waals surface area contributed by atoms with Gasteiger partial charge in [-0.25, -0.2) is 4.79 Å². The molecule has 112 valence electrons. The summed E-state index contributed by atoms with van der Waals surface area (Å²) in [7, 11) is 0. The number of H-pyrrole nitrogens is 1. The zero-order valence-electron chi connectivity index (χ0n) is 12.4. The molecular weight excluding hydrogens is 298 g/mol. The summed E-state index contributed by atoms with van der Waals surface area (Å²) in [5.74, 6) is -0.691. The molecule has 0 saturated carbocycles. The van der Waals surface area contributed by atoms with Gasteiger partial charge in [0.05, 0.1) is 5.52 Å². The van der Waals surface area contributed by atoms with Crippen molar-refractivity contribution in [1.29, 1.82) is 0 Å². The average Bonchev–Trinajstić information content (AvgIpc) is 2.87. The molecule has 0 aliphatic carbocycles. The second kappa shape index (κ2) is 5.50. The van der Waals surface area contributed by atoms with Gasteiger partial charge in [-0.15, -0.1) is 0 Å². The summed E-state index contributed by atoms with van der Waals surface area (Å²) in [6.07, 6.45) is 0. The number of carboxylic acids is 1. The van der Waals surface area contributed by atoms with E-state index in [1.165, 1.54) is 0 Å². The average molecular weight is 314 g/mol. The van der Waals surface area contributed by atoms with Crippen molar-refractivity contribution in [3.63, 3.8) is 0 Å². The Hall–Kier alpha value is -2.26. The molecule has 2 N–H and O–H groups in total. The molecule has 0 saturated heterocycles. The molecule has 3 rings (SSSR count). The van der Waals surface area contributed by atoms with Crippen LogP contribution in [0.15, 0.2) is 42.5 Å². The molecule has 0 aliphatic heterocycles. The van der Waals surface area contributed by atoms with E-state index in [-0.39, 0.29) is 5.69 Å². The van der Waals surface area contributed by atoms with Gasteiger partial charge in [0.2, 0.25) is 0 Å². The highest BCUT2D eigenvalue weighted by Gasteiger charge is 2.21. The van der Waals surface area contributed by atoms with Crippen LogP contribution in [0.25, 0.3) is 22.0 Å². The van der Waals surface area contributed by atoms with Gasteiger partial charge in [0.25, 0.3) is 0 Å². The van der Waals surface area contributed by atoms with Gasteiger partial charge in [-0.1, -0.05) is 61.8 Å². The maximum Gasteiger partial charge on any atom is 0.352 e. The van der Waals surface area contributed by atoms with Crippen molar-refractivity contribution >= 4 is 28.5 Å². The quantitative estimate of drug-likeness (QED) is 0.688. The maximum atomic E-state index is 11.7. The van der Waals surface area contributed by atoms with E-state index in [1.807, 2.05) is 36.4 Å². The van der Waals surface area contributed by atoms with Crippen LogP contribution in [0, 0.1) is 0 Å². The first kappa shape index (κ1) is 14.7. The molecule has 1 heterocycles. The highest BCUT2D eigenvalue weighted by atomic mass is 35.5. The lowest BCUT2D eigenvalue weighted by Crippen LogP contribution is -1.99. The molecule has 0 fully saturated rings. The summed E-state index contributed by atoms with van der Waals surface area (Å²) < 4.78 is 0. The molecule has 3 aromatic rings. The molecule has 0 aliphatic rings. The van der Waals surface area contributed by atoms with Gasteiger partial charge in [-0.05, 0) is 17.5 Å². The number of aromatic carboxylic acids is 1. The van der Waals surface area contributed by atoms with E-state index in [0.717, 1.165) is 22.0 Å². The molecule has 0 amide bonds. The maximum absolute atomic E-state index is 11.7. The van der Waals surface area contributed by atoms with Crippen LogP contribution in [-0.4, -0.2) is 16.1 Å². The topological polar surface area (TPSA) is 53.1 Å². The fourth-order valence-electron chi connectivity index (χ4n) is 2.83. The van der Waals surface area contributed by atoms with E-state index in [0.29, 0.717) is 16.5 Å². The van der Waals surface area contributed by atoms with Crippen LogP contribution in [0.5, 0.6) is 0 Å². The lowest BCUT2D eigenvalue weighted by molar-refractivity contribution is 0.0692. The first-order valence-electron chi connectivity index (χ1n) is 7.13. The van der Waals surface area contributed by atoms with Crippen LogP contribution < -0.4 is 0 Å². The van der Waals surface area contributed by atoms with Gasteiger partial charge < -0.3 is 10.1 Å². The van der Waals surface area contributed by atoms with Crippen LogP contribution in [0.4, 0.5) is 0 Å². The minimum absolute atomic E-state index is 0.177. The smallest absolute Gasteiger partial charge is 0.352 e. The van der Waals surface area contributed by atoms with Crippen molar-refractivity contribution in [2.45, 2.75) is 19.8 Å². The van der Waals surface area contributed by atoms with E-state index < -0.39 is 5.97 Å². The summed E-state index contributed by atoms with van der Waals surface area (Å²) in [5.41, 5.74) is 3.52. The number of benzene rings is 2. The largest absolute Gasteiger partial charge is 0.477 e. The minimum atomic E-state index is -0.985. The van der Waals surface area contributed by atoms with Crippen molar-refractivity contribution in [1.82, 2.24) is 4.98 Å². The van der Waals surface area contributed by atoms with Gasteiger partial charge in [0.1, 0.15) is 5.69 Å². The van der Waals surface area contributed by atoms with Crippen molar-refractivity contribution < 1.29 is 9.90 Å². The molecule has 4 heteroatoms. The molecule has 2 aromatic carbocycles. The zero-order chi connectivity index (χ0) is 15.9. The Labute approximate surface area is 133 Å². The Bertz CT molecular complexity index is 865. The Morgan fingerprint density at radius 1 is 1.14 bits per heavy atom. The van der Waals surface area contributed by atoms with E-state index in [1.54, 1.807) is 6.07 Å². The monoisotopic (exact) mass is 313 g/mol. The first-order valence-corrected chi connectivity index (χ1v) is 7.51. The summed E-state index contributed by atoms with van der Waals surface area (Å²) in [6, 6.07) is 13.2. The van der Waals surface area contributed by atoms with Crippen LogP contribution in [0.3, 0.4) is 0 Å². The number of hydrogen-bond donors (Lipinski definition) is 2. The minimum Gasteiger partial charge on any atom is -0.477 e. The fourth-order valence-corrected chi connectivity index (χ4v) is 3.06. The summed E-state index contributed by atoms with van der Waals surface area (Å²) in [6.45, 7) is 4.18. The Morgan fingerprint density at radius 3 is 2.50 bits per heavy atom. The number of hydrogen-bond acceptors (Lipinski definition) is 1. The van der Waals surface area contributed by atoms with E-state index >= 15 is 0 Å². The number of aromatic nitrogens is 1. The van der Waals surface area contributed by atoms with Gasteiger partial charge in [0, 0.05) is 21.5 Å². The third-order valence-corrected chi connectivity index (χ3v) is 4.17. The molecule has 0 radical (unpaired) electrons. The van der Waals surface area contributed by atoms with Gasteiger partial charge in [-0.2, -0.15) is 0 Å². The van der Waals surface area contributed by atoms with Crippen molar-refractivity contribution in [2.75, 3.05) is 0 Å². The predicted octanol–water partition coefficient (Wildman–Crippen LogP) is 5.31. The lowest BCUT2D eigenvalue weighted by atomic mass is 9.97. The number of para-hydroxylation sites is 1. The highest BCUT2D eigenvalue weighted by Crippen LogP contribution is 2.38. The Morgan fingerprint density at radius 2 is 1.86 bits per heavy atom. The van der Waals surface area contributed by atoms with Crippen LogP contribution in [-0.2, 0) is 0 Å². The van der Waals surface area contributed by atoms with Gasteiger partial charge in [-0.3, -0.25) is 0 Å². The number of fused-ring (bicyclic) bond motifs is 1. The third-order valence-electron chi connectivity index (χ3n) is 3.85. The number of halogens is 1. The molecule has 0 bridgehead atoms. The molecule has 0 atom stereocenters. The molecule has 0 spiro atoms. The van der Waals surface area contributed by atoms with E-state index in [2.05, 4.69) is 18.8 Å². The standard InChI is InChI=1S/C18H16ClNO2/c1-10(2)11-7-5-8-13-15(12-6-3-4-9-14(12)19)17(18(21)22)20-16(11)13/h3-10,20H,1-2H3,(H,21,22). The fraction of sp³-hybridized carbons (Fsp3) is 0.167. The third kappa shape index (κ3) is 2.28. The Kier molecular flexibility index (Phi) is 3.67. The zero-order valence-corrected chi connectivity index (χ0v) is 13.1. The second-order valence-corrected chi connectivity index (χ2v) is 5.99. The molecular formula is C18H16ClNO2. The summed E-state index contributed by atoms with van der Waals surface area (Å²) in [4.78, 5) is 14.8. The first-order chi connectivity index (χ1) is 10.5. The Balaban J connectivity index is 2.43. The van der Waals surface area contributed by atoms with Crippen molar-refractivity contribution in [2.24, 2.45) is 0 Å². The van der Waals surface area contributed by atoms with Crippen LogP contribution in [0.1, 0.15) is 35.8 Å². The SMILES string of the molecule is CC(C)c1cccc2c(-c3ccccc3Cl)c(C(=O)O)[nH]c12. The van der Waals surface area contributed by atoms with E-state index in [4.69, 9.17) is 11.6 Å². The number of carboxylic acid groups (broad SMARTS) is 1. The predicted molar refractivity (Wildman–Crippen MR) is 89.8 cm³/mol. The van der Waals surface area contributed by atoms with E-state index in [9.17, 15) is 9.90 Å². The lowest BCUT2D eigenvalue weighted by Gasteiger charge is -2.07. The molecule has 22 heavy (non-hydrogen) atoms. The molecule has 3 nitrogen and oxygen atoms in total. The number of rotatable bonds is 3. The van der Waals surface area contributed by atoms with Gasteiger partial charge >= 0.3 is 5.97 Å². The second-order valence-electron chi connectivity index (χ2n) is 5.58. The van der Waals surface area contributed by atoms with Crippen LogP contribution in [0.2, 0.25) is 5.02 Å². The molecule has 1 aromatic heterocycles. The van der Waals surface area contributed by atoms with Crippen LogP contribution >= 0.6 is 11.6 Å². The number of carbonyl (C=O) groups is 1. The highest BCUT2D eigenvalue weighted by molar-refractivity contribution is 6.34. The summed E-state index contributed by atoms with van der Waals surface area (Å²) >= 11 is 6.29.